The summed E-state index contributed by atoms with van der Waals surface area (Å²) >= 11 is -1.55. The van der Waals surface area contributed by atoms with Crippen LogP contribution >= 0.6 is 0 Å². The number of benzene rings is 2. The van der Waals surface area contributed by atoms with Gasteiger partial charge in [-0.1, -0.05) is 0 Å². The molecule has 2 aromatic carbocycles. The Morgan fingerprint density at radius 1 is 0.394 bits per heavy atom. The molecule has 2 aromatic rings. The summed E-state index contributed by atoms with van der Waals surface area (Å²) < 4.78 is 8.99. The first-order chi connectivity index (χ1) is 15.4. The molecule has 0 aliphatic carbocycles. The Hall–Kier alpha value is 0.0686. The van der Waals surface area contributed by atoms with E-state index < -0.39 is 28.7 Å². The molecule has 0 saturated heterocycles. The van der Waals surface area contributed by atoms with Crippen molar-refractivity contribution in [2.45, 2.75) is 112 Å². The van der Waals surface area contributed by atoms with E-state index in [1.165, 1.54) is 8.79 Å². The second-order valence-electron chi connectivity index (χ2n) is 10.8. The molecule has 0 atom stereocenters. The molecule has 33 heavy (non-hydrogen) atoms. The van der Waals surface area contributed by atoms with E-state index in [0.29, 0.717) is 0 Å². The minimum absolute atomic E-state index is 0.108. The molecule has 0 unspecified atom stereocenters. The third-order valence-corrected chi connectivity index (χ3v) is 25.2. The minimum atomic E-state index is -0.722. The molecule has 0 aliphatic heterocycles. The van der Waals surface area contributed by atoms with Gasteiger partial charge in [0.05, 0.1) is 0 Å². The van der Waals surface area contributed by atoms with Crippen molar-refractivity contribution in [2.75, 3.05) is 0 Å². The van der Waals surface area contributed by atoms with Crippen molar-refractivity contribution in [1.29, 1.82) is 0 Å². The van der Waals surface area contributed by atoms with Gasteiger partial charge in [0.15, 0.2) is 0 Å². The summed E-state index contributed by atoms with van der Waals surface area (Å²) in [6.45, 7) is 28.8. The molecule has 0 fully saturated rings. The van der Waals surface area contributed by atoms with Gasteiger partial charge in [0, 0.05) is 0 Å². The van der Waals surface area contributed by atoms with Crippen LogP contribution in [0.5, 0.6) is 0 Å². The Labute approximate surface area is 223 Å². The topological polar surface area (TPSA) is 0 Å². The first-order valence-corrected chi connectivity index (χ1v) is 22.3. The van der Waals surface area contributed by atoms with Gasteiger partial charge in [-0.15, -0.1) is 0 Å². The van der Waals surface area contributed by atoms with Gasteiger partial charge in [0.2, 0.25) is 0 Å². The Morgan fingerprint density at radius 3 is 0.758 bits per heavy atom. The predicted molar refractivity (Wildman–Crippen MR) is 160 cm³/mol. The van der Waals surface area contributed by atoms with Crippen LogP contribution < -0.4 is 8.79 Å². The van der Waals surface area contributed by atoms with E-state index in [1.54, 1.807) is 0 Å². The molecule has 0 aromatic heterocycles. The first kappa shape index (κ1) is 33.1. The zero-order valence-electron chi connectivity index (χ0n) is 23.7. The third-order valence-electron chi connectivity index (χ3n) is 5.84. The SMILES string of the molecule is C[CH](C)[Ge]([CH](C)C)[CH](C)C.C[CH](C)[Ge]([CH](C)C)[CH](C)C.c1cc[c]([Ge][c]2ccccc2)cc1. The van der Waals surface area contributed by atoms with Crippen LogP contribution in [-0.2, 0) is 0 Å². The van der Waals surface area contributed by atoms with Crippen molar-refractivity contribution < 1.29 is 0 Å². The van der Waals surface area contributed by atoms with Crippen LogP contribution in [0.2, 0.25) is 28.5 Å². The van der Waals surface area contributed by atoms with Crippen molar-refractivity contribution in [2.24, 2.45) is 0 Å². The van der Waals surface area contributed by atoms with Crippen LogP contribution in [0.3, 0.4) is 0 Å². The van der Waals surface area contributed by atoms with E-state index in [2.05, 4.69) is 144 Å². The second-order valence-corrected chi connectivity index (χ2v) is 32.5. The molecular weight excluding hydrogens is 578 g/mol. The van der Waals surface area contributed by atoms with Crippen molar-refractivity contribution in [3.05, 3.63) is 60.7 Å². The zero-order chi connectivity index (χ0) is 25.6. The van der Waals surface area contributed by atoms with Gasteiger partial charge in [-0.25, -0.2) is 0 Å². The monoisotopic (exact) mass is 634 g/mol. The van der Waals surface area contributed by atoms with Gasteiger partial charge >= 0.3 is 225 Å². The second kappa shape index (κ2) is 18.4. The Bertz CT molecular complexity index is 591. The van der Waals surface area contributed by atoms with E-state index in [1.807, 2.05) is 0 Å². The molecule has 0 amide bonds. The van der Waals surface area contributed by atoms with Gasteiger partial charge in [0.1, 0.15) is 0 Å². The van der Waals surface area contributed by atoms with Gasteiger partial charge in [0.25, 0.3) is 0 Å². The van der Waals surface area contributed by atoms with E-state index in [0.717, 1.165) is 28.5 Å². The fourth-order valence-corrected chi connectivity index (χ4v) is 24.2. The molecule has 0 N–H and O–H groups in total. The van der Waals surface area contributed by atoms with Crippen LogP contribution in [0.4, 0.5) is 0 Å². The van der Waals surface area contributed by atoms with Crippen LogP contribution in [0.25, 0.3) is 0 Å². The summed E-state index contributed by atoms with van der Waals surface area (Å²) in [5, 5.41) is 0. The van der Waals surface area contributed by atoms with Crippen molar-refractivity contribution >= 4 is 52.9 Å². The van der Waals surface area contributed by atoms with E-state index in [4.69, 9.17) is 0 Å². The summed E-state index contributed by atoms with van der Waals surface area (Å²) in [5.74, 6) is 0. The molecular formula is C30H52Ge3. The Morgan fingerprint density at radius 2 is 0.606 bits per heavy atom. The molecule has 0 heterocycles. The maximum absolute atomic E-state index is 2.40. The molecule has 4 radical (unpaired) electrons. The number of rotatable bonds is 8. The first-order valence-electron chi connectivity index (χ1n) is 13.0. The molecule has 0 aliphatic rings. The van der Waals surface area contributed by atoms with Crippen molar-refractivity contribution in [3.8, 4) is 0 Å². The molecule has 0 saturated carbocycles. The number of hydrogen-bond acceptors (Lipinski definition) is 0. The fraction of sp³-hybridized carbons (Fsp3) is 0.600. The van der Waals surface area contributed by atoms with Gasteiger partial charge in [-0.3, -0.25) is 0 Å². The summed E-state index contributed by atoms with van der Waals surface area (Å²) in [4.78, 5) is 0. The third kappa shape index (κ3) is 14.9. The van der Waals surface area contributed by atoms with E-state index in [-0.39, 0.29) is 15.4 Å². The van der Waals surface area contributed by atoms with Crippen LogP contribution in [0.1, 0.15) is 83.1 Å². The van der Waals surface area contributed by atoms with Crippen LogP contribution in [0, 0.1) is 0 Å². The average Bonchev–Trinajstić information content (AvgIpc) is 2.68. The van der Waals surface area contributed by atoms with Crippen molar-refractivity contribution in [1.82, 2.24) is 0 Å². The van der Waals surface area contributed by atoms with Gasteiger partial charge in [-0.2, -0.15) is 0 Å². The van der Waals surface area contributed by atoms with E-state index in [9.17, 15) is 0 Å². The standard InChI is InChI=1S/C12H10Ge.2C9H21Ge/c1-3-7-11(8-4-1)13-12-9-5-2-6-10-12;2*1-7(2)10(8(3)4)9(5)6/h1-10H;2*7-9H,1-6H3. The predicted octanol–water partition coefficient (Wildman–Crippen LogP) is 8.76. The zero-order valence-corrected chi connectivity index (χ0v) is 30.0. The summed E-state index contributed by atoms with van der Waals surface area (Å²) in [6, 6.07) is 21.5. The average molecular weight is 631 g/mol. The van der Waals surface area contributed by atoms with Gasteiger partial charge in [-0.05, 0) is 0 Å². The van der Waals surface area contributed by atoms with E-state index >= 15 is 0 Å². The fourth-order valence-electron chi connectivity index (χ4n) is 5.21. The molecule has 3 heteroatoms. The molecule has 184 valence electrons. The normalized spacial score (nSPS) is 11.5. The Kier molecular flexibility index (Phi) is 18.4. The molecule has 0 bridgehead atoms. The quantitative estimate of drug-likeness (QED) is 0.256. The van der Waals surface area contributed by atoms with Crippen LogP contribution in [0.15, 0.2) is 60.7 Å². The molecule has 0 spiro atoms. The summed E-state index contributed by atoms with van der Waals surface area (Å²) in [7, 11) is 0. The maximum atomic E-state index is 2.40. The summed E-state index contributed by atoms with van der Waals surface area (Å²) in [6.07, 6.45) is 0. The van der Waals surface area contributed by atoms with Crippen molar-refractivity contribution in [3.63, 3.8) is 0 Å². The molecule has 2 rings (SSSR count). The summed E-state index contributed by atoms with van der Waals surface area (Å²) in [5.41, 5.74) is 0. The van der Waals surface area contributed by atoms with Gasteiger partial charge < -0.3 is 0 Å². The number of hydrogen-bond donors (Lipinski definition) is 0. The van der Waals surface area contributed by atoms with Crippen LogP contribution in [-0.4, -0.2) is 44.1 Å². The Balaban J connectivity index is 0.000000474. The molecule has 0 nitrogen and oxygen atoms in total.